The van der Waals surface area contributed by atoms with Crippen LogP contribution >= 0.6 is 12.4 Å². The number of hydrogen-bond acceptors (Lipinski definition) is 2. The van der Waals surface area contributed by atoms with E-state index in [1.54, 1.807) is 0 Å². The highest BCUT2D eigenvalue weighted by Gasteiger charge is 2.40. The van der Waals surface area contributed by atoms with Crippen LogP contribution in [0.15, 0.2) is 24.3 Å². The molecule has 1 saturated heterocycles. The third kappa shape index (κ3) is 3.53. The normalized spacial score (nSPS) is 22.4. The Labute approximate surface area is 127 Å². The van der Waals surface area contributed by atoms with Crippen molar-refractivity contribution >= 4 is 18.4 Å². The molecule has 0 amide bonds. The van der Waals surface area contributed by atoms with Gasteiger partial charge in [0.05, 0.1) is 0 Å². The maximum absolute atomic E-state index is 11.5. The fourth-order valence-electron chi connectivity index (χ4n) is 2.69. The number of carbonyl (C=O) groups is 1. The molecule has 1 aliphatic rings. The van der Waals surface area contributed by atoms with Crippen LogP contribution in [-0.2, 0) is 16.6 Å². The lowest BCUT2D eigenvalue weighted by Crippen LogP contribution is -2.49. The molecule has 0 aliphatic carbocycles. The first-order valence-corrected chi connectivity index (χ1v) is 6.91. The third-order valence-electron chi connectivity index (χ3n) is 3.98. The van der Waals surface area contributed by atoms with Gasteiger partial charge in [-0.3, -0.25) is 4.79 Å². The molecule has 0 bridgehead atoms. The van der Waals surface area contributed by atoms with Gasteiger partial charge in [-0.25, -0.2) is 0 Å². The van der Waals surface area contributed by atoms with E-state index in [1.807, 2.05) is 0 Å². The summed E-state index contributed by atoms with van der Waals surface area (Å²) in [6.45, 7) is 7.34. The molecule has 1 aromatic carbocycles. The summed E-state index contributed by atoms with van der Waals surface area (Å²) < 4.78 is 0. The molecule has 0 radical (unpaired) electrons. The molecule has 0 saturated carbocycles. The van der Waals surface area contributed by atoms with Gasteiger partial charge in [-0.05, 0) is 35.9 Å². The Hall–Kier alpha value is -1.06. The first-order chi connectivity index (χ1) is 8.83. The molecule has 3 nitrogen and oxygen atoms in total. The molecule has 1 fully saturated rings. The lowest BCUT2D eigenvalue weighted by Gasteiger charge is -2.25. The van der Waals surface area contributed by atoms with Crippen molar-refractivity contribution in [1.82, 2.24) is 5.32 Å². The van der Waals surface area contributed by atoms with Crippen molar-refractivity contribution in [2.75, 3.05) is 6.54 Å². The molecule has 112 valence electrons. The van der Waals surface area contributed by atoms with Crippen LogP contribution in [0.3, 0.4) is 0 Å². The number of halogens is 1. The number of rotatable bonds is 3. The van der Waals surface area contributed by atoms with E-state index in [9.17, 15) is 9.90 Å². The summed E-state index contributed by atoms with van der Waals surface area (Å²) in [4.78, 5) is 11.5. The van der Waals surface area contributed by atoms with Crippen LogP contribution in [0.2, 0.25) is 0 Å². The van der Waals surface area contributed by atoms with Gasteiger partial charge in [0.25, 0.3) is 0 Å². The zero-order valence-corrected chi connectivity index (χ0v) is 13.2. The van der Waals surface area contributed by atoms with Gasteiger partial charge >= 0.3 is 5.97 Å². The molecular weight excluding hydrogens is 274 g/mol. The van der Waals surface area contributed by atoms with Crippen molar-refractivity contribution in [1.29, 1.82) is 0 Å². The zero-order chi connectivity index (χ0) is 14.1. The summed E-state index contributed by atoms with van der Waals surface area (Å²) in [5.41, 5.74) is 1.74. The minimum Gasteiger partial charge on any atom is -0.480 e. The van der Waals surface area contributed by atoms with Gasteiger partial charge in [0, 0.05) is 6.42 Å². The molecule has 0 unspecified atom stereocenters. The van der Waals surface area contributed by atoms with E-state index in [1.165, 1.54) is 5.56 Å². The van der Waals surface area contributed by atoms with Gasteiger partial charge in [-0.1, -0.05) is 45.0 Å². The molecule has 2 rings (SSSR count). The summed E-state index contributed by atoms with van der Waals surface area (Å²) >= 11 is 0. The summed E-state index contributed by atoms with van der Waals surface area (Å²) in [5.74, 6) is -0.732. The fourth-order valence-corrected chi connectivity index (χ4v) is 2.69. The lowest BCUT2D eigenvalue weighted by atomic mass is 9.84. The van der Waals surface area contributed by atoms with E-state index >= 15 is 0 Å². The molecule has 4 heteroatoms. The number of benzene rings is 1. The molecule has 1 heterocycles. The number of hydrogen-bond donors (Lipinski definition) is 2. The molecule has 0 spiro atoms. The van der Waals surface area contributed by atoms with Crippen molar-refractivity contribution in [3.8, 4) is 0 Å². The van der Waals surface area contributed by atoms with Crippen LogP contribution in [-0.4, -0.2) is 23.2 Å². The maximum atomic E-state index is 11.5. The highest BCUT2D eigenvalue weighted by molar-refractivity contribution is 5.85. The second-order valence-corrected chi connectivity index (χ2v) is 6.54. The summed E-state index contributed by atoms with van der Waals surface area (Å²) in [5, 5.41) is 12.6. The summed E-state index contributed by atoms with van der Waals surface area (Å²) in [6, 6.07) is 8.34. The standard InChI is InChI=1S/C16H23NO2.ClH/c1-15(2,3)13-7-5-12(6-8-13)11-16(14(18)19)9-4-10-17-16;/h5-8,17H,4,9-11H2,1-3H3,(H,18,19);1H/t16-;/m0./s1. The fraction of sp³-hybridized carbons (Fsp3) is 0.562. The molecule has 20 heavy (non-hydrogen) atoms. The van der Waals surface area contributed by atoms with Crippen LogP contribution in [0.4, 0.5) is 0 Å². The van der Waals surface area contributed by atoms with E-state index in [2.05, 4.69) is 50.4 Å². The zero-order valence-electron chi connectivity index (χ0n) is 12.4. The maximum Gasteiger partial charge on any atom is 0.324 e. The van der Waals surface area contributed by atoms with Gasteiger partial charge in [0.1, 0.15) is 5.54 Å². The van der Waals surface area contributed by atoms with E-state index in [-0.39, 0.29) is 17.8 Å². The first kappa shape index (κ1) is 17.0. The Morgan fingerprint density at radius 1 is 1.30 bits per heavy atom. The molecule has 0 aromatic heterocycles. The van der Waals surface area contributed by atoms with E-state index < -0.39 is 11.5 Å². The van der Waals surface area contributed by atoms with Crippen LogP contribution in [0.25, 0.3) is 0 Å². The third-order valence-corrected chi connectivity index (χ3v) is 3.98. The largest absolute Gasteiger partial charge is 0.480 e. The Bertz CT molecular complexity index is 456. The predicted molar refractivity (Wildman–Crippen MR) is 83.7 cm³/mol. The van der Waals surface area contributed by atoms with E-state index in [0.29, 0.717) is 12.8 Å². The average Bonchev–Trinajstić information content (AvgIpc) is 2.78. The Morgan fingerprint density at radius 3 is 2.30 bits per heavy atom. The Kier molecular flexibility index (Phi) is 5.22. The molecule has 1 aromatic rings. The van der Waals surface area contributed by atoms with Crippen molar-refractivity contribution in [2.24, 2.45) is 0 Å². The van der Waals surface area contributed by atoms with Crippen LogP contribution in [0.5, 0.6) is 0 Å². The monoisotopic (exact) mass is 297 g/mol. The van der Waals surface area contributed by atoms with Crippen molar-refractivity contribution in [2.45, 2.75) is 51.0 Å². The Morgan fingerprint density at radius 2 is 1.90 bits per heavy atom. The van der Waals surface area contributed by atoms with Gasteiger partial charge in [0.15, 0.2) is 0 Å². The van der Waals surface area contributed by atoms with Gasteiger partial charge < -0.3 is 10.4 Å². The number of carboxylic acid groups (broad SMARTS) is 1. The molecule has 1 aliphatic heterocycles. The van der Waals surface area contributed by atoms with Gasteiger partial charge in [-0.15, -0.1) is 12.4 Å². The smallest absolute Gasteiger partial charge is 0.324 e. The summed E-state index contributed by atoms with van der Waals surface area (Å²) in [7, 11) is 0. The van der Waals surface area contributed by atoms with Gasteiger partial charge in [0.2, 0.25) is 0 Å². The average molecular weight is 298 g/mol. The second kappa shape index (κ2) is 6.15. The van der Waals surface area contributed by atoms with E-state index in [4.69, 9.17) is 0 Å². The minimum absolute atomic E-state index is 0. The van der Waals surface area contributed by atoms with Crippen molar-refractivity contribution in [3.63, 3.8) is 0 Å². The first-order valence-electron chi connectivity index (χ1n) is 6.91. The highest BCUT2D eigenvalue weighted by atomic mass is 35.5. The lowest BCUT2D eigenvalue weighted by molar-refractivity contribution is -0.144. The van der Waals surface area contributed by atoms with Crippen molar-refractivity contribution < 1.29 is 9.90 Å². The Balaban J connectivity index is 0.00000200. The topological polar surface area (TPSA) is 49.3 Å². The van der Waals surface area contributed by atoms with Crippen molar-refractivity contribution in [3.05, 3.63) is 35.4 Å². The number of aliphatic carboxylic acids is 1. The molecular formula is C16H24ClNO2. The molecule has 1 atom stereocenters. The highest BCUT2D eigenvalue weighted by Crippen LogP contribution is 2.27. The minimum atomic E-state index is -0.761. The summed E-state index contributed by atoms with van der Waals surface area (Å²) in [6.07, 6.45) is 2.21. The quantitative estimate of drug-likeness (QED) is 0.901. The number of nitrogens with one attached hydrogen (secondary N) is 1. The van der Waals surface area contributed by atoms with Crippen LogP contribution < -0.4 is 5.32 Å². The van der Waals surface area contributed by atoms with Gasteiger partial charge in [-0.2, -0.15) is 0 Å². The molecule has 2 N–H and O–H groups in total. The second-order valence-electron chi connectivity index (χ2n) is 6.54. The van der Waals surface area contributed by atoms with Crippen LogP contribution in [0, 0.1) is 0 Å². The number of carboxylic acids is 1. The van der Waals surface area contributed by atoms with Crippen LogP contribution in [0.1, 0.15) is 44.7 Å². The predicted octanol–water partition coefficient (Wildman–Crippen LogP) is 3.16. The SMILES string of the molecule is CC(C)(C)c1ccc(C[C@]2(C(=O)O)CCCN2)cc1.Cl. The van der Waals surface area contributed by atoms with E-state index in [0.717, 1.165) is 18.5 Å².